The van der Waals surface area contributed by atoms with E-state index in [0.717, 1.165) is 0 Å². The molecule has 2 aliphatic heterocycles. The Balaban J connectivity index is 1.26. The number of non-ortho nitro benzene ring substituents is 2. The molecular weight excluding hydrogens is 584 g/mol. The highest BCUT2D eigenvalue weighted by Gasteiger charge is 2.42. The quantitative estimate of drug-likeness (QED) is 0.152. The summed E-state index contributed by atoms with van der Waals surface area (Å²) >= 11 is 4.49. The number of benzene rings is 2. The molecule has 0 radical (unpaired) electrons. The molecule has 15 nitrogen and oxygen atoms in total. The van der Waals surface area contributed by atoms with Crippen molar-refractivity contribution in [3.8, 4) is 0 Å². The molecule has 4 rings (SSSR count). The molecule has 0 aliphatic carbocycles. The predicted octanol–water partition coefficient (Wildman–Crippen LogP) is 3.41. The molecule has 0 bridgehead atoms. The van der Waals surface area contributed by atoms with Gasteiger partial charge in [0, 0.05) is 61.7 Å². The van der Waals surface area contributed by atoms with Gasteiger partial charge in [-0.15, -0.1) is 0 Å². The fraction of sp³-hybridized carbons (Fsp3) is 0.407. The van der Waals surface area contributed by atoms with Crippen LogP contribution in [0.2, 0.25) is 0 Å². The average Bonchev–Trinajstić information content (AvgIpc) is 3.39. The minimum absolute atomic E-state index is 0.0643. The van der Waals surface area contributed by atoms with Crippen LogP contribution in [0.15, 0.2) is 53.5 Å². The summed E-state index contributed by atoms with van der Waals surface area (Å²) in [6.07, 6.45) is 0.235. The standard InChI is InChI=1S/C27H30N6O9S/c1-18-13-29(17-28-26(35)41-15-19-2-6-21(7-3-19)32(37)38)10-11-30(18)25(34)24-12-23(43)14-31(24)27(36)42-16-20-4-8-22(9-5-20)33(39)40/h2-9,17-18,23-24,43H,10-16H2,1H3/t18?,23-,24-/m0/s1. The predicted molar refractivity (Wildman–Crippen MR) is 156 cm³/mol. The fourth-order valence-corrected chi connectivity index (χ4v) is 5.20. The third kappa shape index (κ3) is 8.18. The second kappa shape index (κ2) is 14.0. The van der Waals surface area contributed by atoms with Crippen molar-refractivity contribution in [3.63, 3.8) is 0 Å². The molecule has 0 N–H and O–H groups in total. The molecule has 2 saturated heterocycles. The number of rotatable bonds is 8. The van der Waals surface area contributed by atoms with E-state index in [9.17, 15) is 34.6 Å². The lowest BCUT2D eigenvalue weighted by Gasteiger charge is -2.41. The number of carbonyl (C=O) groups is 3. The molecule has 1 unspecified atom stereocenters. The number of nitrogens with zero attached hydrogens (tertiary/aromatic N) is 6. The van der Waals surface area contributed by atoms with Gasteiger partial charge < -0.3 is 19.3 Å². The monoisotopic (exact) mass is 614 g/mol. The van der Waals surface area contributed by atoms with E-state index in [1.807, 2.05) is 6.92 Å². The van der Waals surface area contributed by atoms with Crippen molar-refractivity contribution in [3.05, 3.63) is 79.9 Å². The number of piperazine rings is 1. The molecule has 0 saturated carbocycles. The van der Waals surface area contributed by atoms with E-state index in [0.29, 0.717) is 37.2 Å². The maximum absolute atomic E-state index is 13.5. The Morgan fingerprint density at radius 1 is 0.907 bits per heavy atom. The molecule has 16 heteroatoms. The molecule has 2 aliphatic rings. The van der Waals surface area contributed by atoms with Crippen molar-refractivity contribution < 1.29 is 33.7 Å². The number of nitro benzene ring substituents is 2. The Morgan fingerprint density at radius 2 is 1.47 bits per heavy atom. The van der Waals surface area contributed by atoms with E-state index in [1.165, 1.54) is 59.8 Å². The van der Waals surface area contributed by atoms with E-state index < -0.39 is 28.1 Å². The van der Waals surface area contributed by atoms with Crippen LogP contribution in [0.25, 0.3) is 0 Å². The van der Waals surface area contributed by atoms with Gasteiger partial charge in [0.25, 0.3) is 11.4 Å². The van der Waals surface area contributed by atoms with Crippen LogP contribution in [-0.4, -0.2) is 92.5 Å². The molecular formula is C27H30N6O9S. The average molecular weight is 615 g/mol. The number of carbonyl (C=O) groups excluding carboxylic acids is 3. The highest BCUT2D eigenvalue weighted by molar-refractivity contribution is 7.81. The smallest absolute Gasteiger partial charge is 0.435 e. The van der Waals surface area contributed by atoms with Crippen LogP contribution in [0, 0.1) is 20.2 Å². The highest BCUT2D eigenvalue weighted by atomic mass is 32.1. The second-order valence-corrected chi connectivity index (χ2v) is 10.9. The van der Waals surface area contributed by atoms with Gasteiger partial charge in [-0.1, -0.05) is 0 Å². The molecule has 228 valence electrons. The summed E-state index contributed by atoms with van der Waals surface area (Å²) in [5.74, 6) is -0.226. The molecule has 2 aromatic carbocycles. The third-order valence-electron chi connectivity index (χ3n) is 7.09. The first kappa shape index (κ1) is 31.2. The number of amides is 3. The van der Waals surface area contributed by atoms with Gasteiger partial charge in [0.05, 0.1) is 16.2 Å². The van der Waals surface area contributed by atoms with Gasteiger partial charge in [-0.2, -0.15) is 17.6 Å². The maximum atomic E-state index is 13.5. The van der Waals surface area contributed by atoms with Crippen molar-refractivity contribution in [2.75, 3.05) is 26.2 Å². The van der Waals surface area contributed by atoms with Gasteiger partial charge >= 0.3 is 12.2 Å². The minimum atomic E-state index is -0.821. The first-order valence-corrected chi connectivity index (χ1v) is 13.9. The molecule has 0 aromatic heterocycles. The van der Waals surface area contributed by atoms with Crippen LogP contribution in [0.1, 0.15) is 24.5 Å². The van der Waals surface area contributed by atoms with Gasteiger partial charge in [-0.05, 0) is 48.7 Å². The fourth-order valence-electron chi connectivity index (χ4n) is 4.83. The van der Waals surface area contributed by atoms with Crippen molar-refractivity contribution in [1.29, 1.82) is 0 Å². The number of aliphatic imine (C=N–C) groups is 1. The van der Waals surface area contributed by atoms with Crippen LogP contribution in [0.3, 0.4) is 0 Å². The molecule has 2 heterocycles. The zero-order valence-corrected chi connectivity index (χ0v) is 24.1. The summed E-state index contributed by atoms with van der Waals surface area (Å²) in [5.41, 5.74) is 1.02. The summed E-state index contributed by atoms with van der Waals surface area (Å²) < 4.78 is 10.5. The zero-order valence-electron chi connectivity index (χ0n) is 23.2. The highest BCUT2D eigenvalue weighted by Crippen LogP contribution is 2.26. The lowest BCUT2D eigenvalue weighted by molar-refractivity contribution is -0.385. The number of hydrogen-bond donors (Lipinski definition) is 1. The third-order valence-corrected chi connectivity index (χ3v) is 7.46. The Bertz CT molecular complexity index is 1390. The van der Waals surface area contributed by atoms with Crippen molar-refractivity contribution in [2.24, 2.45) is 4.99 Å². The summed E-state index contributed by atoms with van der Waals surface area (Å²) in [6.45, 7) is 3.03. The SMILES string of the molecule is CC1CN(C=NC(=O)OCc2ccc([N+](=O)[O-])cc2)CCN1C(=O)[C@@H]1C[C@H](S)CN1C(=O)OCc1ccc([N+](=O)[O-])cc1. The number of ether oxygens (including phenoxy) is 2. The molecule has 43 heavy (non-hydrogen) atoms. The number of nitro groups is 2. The van der Waals surface area contributed by atoms with Crippen LogP contribution in [0.5, 0.6) is 0 Å². The maximum Gasteiger partial charge on any atom is 0.435 e. The molecule has 3 amide bonds. The van der Waals surface area contributed by atoms with Crippen molar-refractivity contribution in [2.45, 2.75) is 43.9 Å². The summed E-state index contributed by atoms with van der Waals surface area (Å²) in [7, 11) is 0. The van der Waals surface area contributed by atoms with Crippen molar-refractivity contribution >= 4 is 48.4 Å². The van der Waals surface area contributed by atoms with E-state index in [1.54, 1.807) is 9.80 Å². The van der Waals surface area contributed by atoms with Gasteiger partial charge in [0.2, 0.25) is 5.91 Å². The second-order valence-electron chi connectivity index (χ2n) is 10.1. The topological polar surface area (TPSA) is 178 Å². The molecule has 3 atom stereocenters. The molecule has 2 aromatic rings. The summed E-state index contributed by atoms with van der Waals surface area (Å²) in [4.78, 5) is 67.7. The van der Waals surface area contributed by atoms with Crippen LogP contribution in [-0.2, 0) is 27.5 Å². The normalized spacial score (nSPS) is 20.2. The van der Waals surface area contributed by atoms with Gasteiger partial charge in [0.1, 0.15) is 19.3 Å². The Morgan fingerprint density at radius 3 is 2.00 bits per heavy atom. The first-order valence-electron chi connectivity index (χ1n) is 13.4. The largest absolute Gasteiger partial charge is 0.445 e. The number of hydrogen-bond acceptors (Lipinski definition) is 10. The first-order chi connectivity index (χ1) is 20.5. The Kier molecular flexibility index (Phi) is 10.1. The van der Waals surface area contributed by atoms with Crippen LogP contribution >= 0.6 is 12.6 Å². The molecule has 2 fully saturated rings. The van der Waals surface area contributed by atoms with Crippen LogP contribution in [0.4, 0.5) is 21.0 Å². The number of thiol groups is 1. The molecule has 0 spiro atoms. The Hall–Kier alpha value is -4.73. The number of likely N-dealkylation sites (tertiary alicyclic amines) is 1. The van der Waals surface area contributed by atoms with Gasteiger partial charge in [-0.3, -0.25) is 29.9 Å². The van der Waals surface area contributed by atoms with Crippen molar-refractivity contribution in [1.82, 2.24) is 14.7 Å². The van der Waals surface area contributed by atoms with Crippen LogP contribution < -0.4 is 0 Å². The Labute approximate surface area is 251 Å². The van der Waals surface area contributed by atoms with E-state index in [2.05, 4.69) is 17.6 Å². The zero-order chi connectivity index (χ0) is 31.1. The minimum Gasteiger partial charge on any atom is -0.445 e. The van der Waals surface area contributed by atoms with E-state index >= 15 is 0 Å². The van der Waals surface area contributed by atoms with E-state index in [4.69, 9.17) is 9.47 Å². The van der Waals surface area contributed by atoms with E-state index in [-0.39, 0.29) is 48.3 Å². The summed E-state index contributed by atoms with van der Waals surface area (Å²) in [6, 6.07) is 10.3. The lowest BCUT2D eigenvalue weighted by atomic mass is 10.1. The summed E-state index contributed by atoms with van der Waals surface area (Å²) in [5, 5.41) is 21.4. The van der Waals surface area contributed by atoms with Gasteiger partial charge in [-0.25, -0.2) is 9.59 Å². The lowest BCUT2D eigenvalue weighted by Crippen LogP contribution is -2.58. The van der Waals surface area contributed by atoms with Gasteiger partial charge in [0.15, 0.2) is 0 Å².